The Labute approximate surface area is 109 Å². The molecule has 0 spiro atoms. The van der Waals surface area contributed by atoms with E-state index in [0.29, 0.717) is 13.2 Å². The molecule has 98 valence electrons. The van der Waals surface area contributed by atoms with E-state index in [0.717, 1.165) is 24.6 Å². The van der Waals surface area contributed by atoms with Crippen molar-refractivity contribution in [1.29, 1.82) is 0 Å². The zero-order chi connectivity index (χ0) is 12.6. The van der Waals surface area contributed by atoms with Crippen LogP contribution in [0.2, 0.25) is 0 Å². The zero-order valence-electron chi connectivity index (χ0n) is 11.2. The number of hydrogen-bond acceptors (Lipinski definition) is 3. The zero-order valence-corrected chi connectivity index (χ0v) is 11.2. The van der Waals surface area contributed by atoms with Crippen LogP contribution in [-0.2, 0) is 0 Å². The van der Waals surface area contributed by atoms with Gasteiger partial charge in [0.15, 0.2) is 11.5 Å². The third-order valence-corrected chi connectivity index (χ3v) is 3.64. The monoisotopic (exact) mass is 247 g/mol. The number of nitrogens with zero attached hydrogens (tertiary/aromatic N) is 1. The third-order valence-electron chi connectivity index (χ3n) is 3.64. The molecule has 0 aliphatic carbocycles. The van der Waals surface area contributed by atoms with Crippen LogP contribution in [0.4, 0.5) is 5.69 Å². The van der Waals surface area contributed by atoms with Crippen molar-refractivity contribution in [2.45, 2.75) is 26.7 Å². The van der Waals surface area contributed by atoms with Gasteiger partial charge in [0.2, 0.25) is 0 Å². The van der Waals surface area contributed by atoms with Crippen LogP contribution in [0.3, 0.4) is 0 Å². The molecule has 1 aromatic carbocycles. The van der Waals surface area contributed by atoms with E-state index < -0.39 is 0 Å². The molecule has 3 nitrogen and oxygen atoms in total. The van der Waals surface area contributed by atoms with Gasteiger partial charge in [-0.1, -0.05) is 13.8 Å². The summed E-state index contributed by atoms with van der Waals surface area (Å²) in [6.45, 7) is 8.07. The first-order valence-corrected chi connectivity index (χ1v) is 6.79. The SMILES string of the molecule is CC1(C)COc2ccc(N3CCCC3)cc2OC1. The van der Waals surface area contributed by atoms with Gasteiger partial charge in [0, 0.05) is 30.3 Å². The Balaban J connectivity index is 1.85. The highest BCUT2D eigenvalue weighted by atomic mass is 16.5. The van der Waals surface area contributed by atoms with Crippen LogP contribution in [-0.4, -0.2) is 26.3 Å². The van der Waals surface area contributed by atoms with E-state index in [1.54, 1.807) is 0 Å². The highest BCUT2D eigenvalue weighted by molar-refractivity contribution is 5.57. The van der Waals surface area contributed by atoms with Crippen LogP contribution in [0.25, 0.3) is 0 Å². The Kier molecular flexibility index (Phi) is 2.84. The summed E-state index contributed by atoms with van der Waals surface area (Å²) in [6.07, 6.45) is 2.59. The average molecular weight is 247 g/mol. The van der Waals surface area contributed by atoms with E-state index in [1.807, 2.05) is 6.07 Å². The first kappa shape index (κ1) is 11.7. The lowest BCUT2D eigenvalue weighted by Gasteiger charge is -2.20. The van der Waals surface area contributed by atoms with Crippen LogP contribution in [0.5, 0.6) is 11.5 Å². The molecule has 0 unspecified atom stereocenters. The Bertz CT molecular complexity index is 436. The molecule has 0 atom stereocenters. The Morgan fingerprint density at radius 3 is 2.39 bits per heavy atom. The van der Waals surface area contributed by atoms with E-state index >= 15 is 0 Å². The molecule has 1 saturated heterocycles. The van der Waals surface area contributed by atoms with Gasteiger partial charge in [-0.15, -0.1) is 0 Å². The summed E-state index contributed by atoms with van der Waals surface area (Å²) in [7, 11) is 0. The average Bonchev–Trinajstić information content (AvgIpc) is 2.83. The second-order valence-electron chi connectivity index (χ2n) is 6.07. The van der Waals surface area contributed by atoms with E-state index in [1.165, 1.54) is 18.5 Å². The molecular weight excluding hydrogens is 226 g/mol. The van der Waals surface area contributed by atoms with Gasteiger partial charge in [0.05, 0.1) is 13.2 Å². The first-order chi connectivity index (χ1) is 8.64. The third kappa shape index (κ3) is 2.26. The summed E-state index contributed by atoms with van der Waals surface area (Å²) in [5.41, 5.74) is 1.34. The summed E-state index contributed by atoms with van der Waals surface area (Å²) in [5.74, 6) is 1.77. The van der Waals surface area contributed by atoms with Crippen molar-refractivity contribution in [2.75, 3.05) is 31.2 Å². The lowest BCUT2D eigenvalue weighted by Crippen LogP contribution is -2.26. The highest BCUT2D eigenvalue weighted by Crippen LogP contribution is 2.37. The minimum Gasteiger partial charge on any atom is -0.489 e. The second kappa shape index (κ2) is 4.38. The van der Waals surface area contributed by atoms with Gasteiger partial charge in [-0.2, -0.15) is 0 Å². The molecule has 0 aromatic heterocycles. The largest absolute Gasteiger partial charge is 0.489 e. The minimum atomic E-state index is 0.0762. The molecule has 0 radical (unpaired) electrons. The van der Waals surface area contributed by atoms with Crippen molar-refractivity contribution in [2.24, 2.45) is 5.41 Å². The number of hydrogen-bond donors (Lipinski definition) is 0. The van der Waals surface area contributed by atoms with Crippen LogP contribution in [0.15, 0.2) is 18.2 Å². The number of rotatable bonds is 1. The topological polar surface area (TPSA) is 21.7 Å². The molecule has 18 heavy (non-hydrogen) atoms. The van der Waals surface area contributed by atoms with Crippen LogP contribution in [0.1, 0.15) is 26.7 Å². The molecule has 1 fully saturated rings. The van der Waals surface area contributed by atoms with Crippen molar-refractivity contribution in [1.82, 2.24) is 0 Å². The summed E-state index contributed by atoms with van der Waals surface area (Å²) in [4.78, 5) is 2.42. The number of fused-ring (bicyclic) bond motifs is 1. The lowest BCUT2D eigenvalue weighted by molar-refractivity contribution is 0.140. The molecular formula is C15H21NO2. The van der Waals surface area contributed by atoms with Crippen molar-refractivity contribution >= 4 is 5.69 Å². The number of benzene rings is 1. The fraction of sp³-hybridized carbons (Fsp3) is 0.600. The Hall–Kier alpha value is -1.38. The number of ether oxygens (including phenoxy) is 2. The van der Waals surface area contributed by atoms with Gasteiger partial charge in [0.1, 0.15) is 0 Å². The van der Waals surface area contributed by atoms with Crippen molar-refractivity contribution in [3.8, 4) is 11.5 Å². The maximum Gasteiger partial charge on any atom is 0.163 e. The van der Waals surface area contributed by atoms with Gasteiger partial charge in [-0.05, 0) is 25.0 Å². The minimum absolute atomic E-state index is 0.0762. The fourth-order valence-corrected chi connectivity index (χ4v) is 2.49. The second-order valence-corrected chi connectivity index (χ2v) is 6.07. The molecule has 3 heteroatoms. The quantitative estimate of drug-likeness (QED) is 0.761. The molecule has 0 amide bonds. The Morgan fingerprint density at radius 2 is 1.67 bits per heavy atom. The Morgan fingerprint density at radius 1 is 1.00 bits per heavy atom. The standard InChI is InChI=1S/C15H21NO2/c1-15(2)10-17-13-6-5-12(9-14(13)18-11-15)16-7-3-4-8-16/h5-6,9H,3-4,7-8,10-11H2,1-2H3. The van der Waals surface area contributed by atoms with E-state index in [-0.39, 0.29) is 5.41 Å². The van der Waals surface area contributed by atoms with E-state index in [4.69, 9.17) is 9.47 Å². The molecule has 3 rings (SSSR count). The predicted molar refractivity (Wildman–Crippen MR) is 72.7 cm³/mol. The van der Waals surface area contributed by atoms with Gasteiger partial charge in [0.25, 0.3) is 0 Å². The molecule has 1 aromatic rings. The van der Waals surface area contributed by atoms with Crippen molar-refractivity contribution in [3.05, 3.63) is 18.2 Å². The van der Waals surface area contributed by atoms with E-state index in [2.05, 4.69) is 30.9 Å². The fourth-order valence-electron chi connectivity index (χ4n) is 2.49. The molecule has 2 aliphatic heterocycles. The van der Waals surface area contributed by atoms with Crippen molar-refractivity contribution in [3.63, 3.8) is 0 Å². The van der Waals surface area contributed by atoms with Crippen LogP contribution >= 0.6 is 0 Å². The van der Waals surface area contributed by atoms with Crippen LogP contribution in [0, 0.1) is 5.41 Å². The first-order valence-electron chi connectivity index (χ1n) is 6.79. The maximum absolute atomic E-state index is 5.91. The molecule has 2 heterocycles. The van der Waals surface area contributed by atoms with Crippen LogP contribution < -0.4 is 14.4 Å². The molecule has 0 saturated carbocycles. The molecule has 2 aliphatic rings. The van der Waals surface area contributed by atoms with Gasteiger partial charge < -0.3 is 14.4 Å². The van der Waals surface area contributed by atoms with Gasteiger partial charge in [-0.25, -0.2) is 0 Å². The predicted octanol–water partition coefficient (Wildman–Crippen LogP) is 3.08. The normalized spacial score (nSPS) is 21.8. The summed E-state index contributed by atoms with van der Waals surface area (Å²) < 4.78 is 11.8. The molecule has 0 N–H and O–H groups in total. The number of anilines is 1. The summed E-state index contributed by atoms with van der Waals surface area (Å²) in [5, 5.41) is 0. The van der Waals surface area contributed by atoms with E-state index in [9.17, 15) is 0 Å². The highest BCUT2D eigenvalue weighted by Gasteiger charge is 2.25. The van der Waals surface area contributed by atoms with Gasteiger partial charge in [-0.3, -0.25) is 0 Å². The summed E-state index contributed by atoms with van der Waals surface area (Å²) in [6, 6.07) is 6.32. The van der Waals surface area contributed by atoms with Crippen molar-refractivity contribution < 1.29 is 9.47 Å². The lowest BCUT2D eigenvalue weighted by atomic mass is 9.97. The van der Waals surface area contributed by atoms with Gasteiger partial charge >= 0.3 is 0 Å². The molecule has 0 bridgehead atoms. The summed E-state index contributed by atoms with van der Waals surface area (Å²) >= 11 is 0. The smallest absolute Gasteiger partial charge is 0.163 e. The maximum atomic E-state index is 5.91.